The average Bonchev–Trinajstić information content (AvgIpc) is 3.17. The summed E-state index contributed by atoms with van der Waals surface area (Å²) >= 11 is 0. The van der Waals surface area contributed by atoms with Gasteiger partial charge in [-0.3, -0.25) is 9.78 Å². The summed E-state index contributed by atoms with van der Waals surface area (Å²) in [6.07, 6.45) is 6.86. The Kier molecular flexibility index (Phi) is 4.56. The molecular weight excluding hydrogens is 366 g/mol. The molecule has 0 spiro atoms. The van der Waals surface area contributed by atoms with Crippen LogP contribution in [-0.4, -0.2) is 33.9 Å². The van der Waals surface area contributed by atoms with Crippen molar-refractivity contribution in [2.45, 2.75) is 19.4 Å². The van der Waals surface area contributed by atoms with Gasteiger partial charge in [0.25, 0.3) is 0 Å². The third-order valence-corrected chi connectivity index (χ3v) is 5.42. The summed E-state index contributed by atoms with van der Waals surface area (Å²) < 4.78 is 6.06. The molecular formula is C22H21N5O2. The van der Waals surface area contributed by atoms with Gasteiger partial charge in [0.1, 0.15) is 17.4 Å². The van der Waals surface area contributed by atoms with E-state index in [0.717, 1.165) is 47.3 Å². The average molecular weight is 387 g/mol. The molecule has 3 aromatic heterocycles. The number of carbonyl (C=O) groups is 1. The number of hydrogen-bond donors (Lipinski definition) is 1. The minimum Gasteiger partial charge on any atom is -0.450 e. The van der Waals surface area contributed by atoms with Gasteiger partial charge in [-0.25, -0.2) is 9.97 Å². The molecule has 1 N–H and O–H groups in total. The zero-order chi connectivity index (χ0) is 19.6. The Morgan fingerprint density at radius 3 is 3.03 bits per heavy atom. The summed E-state index contributed by atoms with van der Waals surface area (Å²) in [6, 6.07) is 11.7. The maximum atomic E-state index is 12.7. The Balaban J connectivity index is 1.36. The number of rotatable bonds is 4. The lowest BCUT2D eigenvalue weighted by Gasteiger charge is -2.32. The SMILES string of the molecule is O=C(NCc1cccnc1)[C@@H]1CCCN(c2ncnc3c2oc2ccccc23)C1. The largest absolute Gasteiger partial charge is 0.450 e. The van der Waals surface area contributed by atoms with E-state index in [2.05, 4.69) is 25.2 Å². The molecule has 1 fully saturated rings. The van der Waals surface area contributed by atoms with Gasteiger partial charge in [-0.05, 0) is 36.6 Å². The van der Waals surface area contributed by atoms with Crippen molar-refractivity contribution in [3.63, 3.8) is 0 Å². The normalized spacial score (nSPS) is 17.0. The predicted octanol–water partition coefficient (Wildman–Crippen LogP) is 3.30. The van der Waals surface area contributed by atoms with Gasteiger partial charge in [-0.1, -0.05) is 18.2 Å². The number of furan rings is 1. The van der Waals surface area contributed by atoms with Crippen molar-refractivity contribution in [2.75, 3.05) is 18.0 Å². The quantitative estimate of drug-likeness (QED) is 0.578. The second-order valence-electron chi connectivity index (χ2n) is 7.34. The van der Waals surface area contributed by atoms with Crippen molar-refractivity contribution in [3.05, 3.63) is 60.7 Å². The molecule has 1 atom stereocenters. The van der Waals surface area contributed by atoms with Gasteiger partial charge in [0, 0.05) is 37.4 Å². The molecule has 0 bridgehead atoms. The minimum atomic E-state index is -0.0881. The number of piperidine rings is 1. The number of benzene rings is 1. The van der Waals surface area contributed by atoms with Gasteiger partial charge in [-0.2, -0.15) is 0 Å². The predicted molar refractivity (Wildman–Crippen MR) is 110 cm³/mol. The summed E-state index contributed by atoms with van der Waals surface area (Å²) in [5, 5.41) is 4.02. The van der Waals surface area contributed by atoms with Crippen LogP contribution < -0.4 is 10.2 Å². The number of fused-ring (bicyclic) bond motifs is 3. The van der Waals surface area contributed by atoms with Crippen LogP contribution in [0.3, 0.4) is 0 Å². The molecule has 1 aliphatic heterocycles. The van der Waals surface area contributed by atoms with Gasteiger partial charge < -0.3 is 14.6 Å². The molecule has 7 heteroatoms. The van der Waals surface area contributed by atoms with E-state index in [1.807, 2.05) is 36.4 Å². The topological polar surface area (TPSA) is 84.2 Å². The zero-order valence-electron chi connectivity index (χ0n) is 15.9. The Bertz CT molecular complexity index is 1160. The molecule has 1 aromatic carbocycles. The molecule has 7 nitrogen and oxygen atoms in total. The lowest BCUT2D eigenvalue weighted by atomic mass is 9.97. The molecule has 146 valence electrons. The van der Waals surface area contributed by atoms with Crippen molar-refractivity contribution >= 4 is 33.8 Å². The van der Waals surface area contributed by atoms with Crippen LogP contribution >= 0.6 is 0 Å². The fraction of sp³-hybridized carbons (Fsp3) is 0.273. The van der Waals surface area contributed by atoms with Crippen LogP contribution in [0.5, 0.6) is 0 Å². The third-order valence-electron chi connectivity index (χ3n) is 5.42. The highest BCUT2D eigenvalue weighted by Gasteiger charge is 2.28. The first-order valence-electron chi connectivity index (χ1n) is 9.83. The van der Waals surface area contributed by atoms with Crippen molar-refractivity contribution in [1.29, 1.82) is 0 Å². The molecule has 4 aromatic rings. The van der Waals surface area contributed by atoms with Crippen molar-refractivity contribution in [3.8, 4) is 0 Å². The molecule has 0 unspecified atom stereocenters. The number of aromatic nitrogens is 3. The number of pyridine rings is 1. The first-order valence-corrected chi connectivity index (χ1v) is 9.83. The maximum absolute atomic E-state index is 12.7. The van der Waals surface area contributed by atoms with Crippen molar-refractivity contribution in [2.24, 2.45) is 5.92 Å². The van der Waals surface area contributed by atoms with Crippen LogP contribution in [0.2, 0.25) is 0 Å². The number of nitrogens with zero attached hydrogens (tertiary/aromatic N) is 4. The number of anilines is 1. The van der Waals surface area contributed by atoms with E-state index in [-0.39, 0.29) is 11.8 Å². The number of hydrogen-bond acceptors (Lipinski definition) is 6. The van der Waals surface area contributed by atoms with Crippen LogP contribution in [0.25, 0.3) is 22.1 Å². The maximum Gasteiger partial charge on any atom is 0.225 e. The Hall–Kier alpha value is -3.48. The van der Waals surface area contributed by atoms with Crippen molar-refractivity contribution in [1.82, 2.24) is 20.3 Å². The van der Waals surface area contributed by atoms with Crippen LogP contribution in [-0.2, 0) is 11.3 Å². The molecule has 0 saturated carbocycles. The van der Waals surface area contributed by atoms with Gasteiger partial charge in [0.15, 0.2) is 11.4 Å². The van der Waals surface area contributed by atoms with E-state index in [1.165, 1.54) is 0 Å². The lowest BCUT2D eigenvalue weighted by Crippen LogP contribution is -2.43. The van der Waals surface area contributed by atoms with Crippen LogP contribution in [0.1, 0.15) is 18.4 Å². The first kappa shape index (κ1) is 17.6. The highest BCUT2D eigenvalue weighted by molar-refractivity contribution is 6.05. The van der Waals surface area contributed by atoms with E-state index >= 15 is 0 Å². The van der Waals surface area contributed by atoms with E-state index in [9.17, 15) is 4.79 Å². The summed E-state index contributed by atoms with van der Waals surface area (Å²) in [6.45, 7) is 1.95. The molecule has 1 saturated heterocycles. The Morgan fingerprint density at radius 2 is 2.14 bits per heavy atom. The number of nitrogens with one attached hydrogen (secondary N) is 1. The van der Waals surface area contributed by atoms with Crippen LogP contribution in [0.15, 0.2) is 59.5 Å². The smallest absolute Gasteiger partial charge is 0.225 e. The van der Waals surface area contributed by atoms with Crippen molar-refractivity contribution < 1.29 is 9.21 Å². The summed E-state index contributed by atoms with van der Waals surface area (Å²) in [7, 11) is 0. The standard InChI is InChI=1S/C22H21N5O2/c28-22(24-12-15-5-3-9-23-11-15)16-6-4-10-27(13-16)21-20-19(25-14-26-21)17-7-1-2-8-18(17)29-20/h1-3,5,7-9,11,14,16H,4,6,10,12-13H2,(H,24,28)/t16-/m1/s1. The summed E-state index contributed by atoms with van der Waals surface area (Å²) in [5.41, 5.74) is 3.29. The molecule has 0 aliphatic carbocycles. The number of amides is 1. The minimum absolute atomic E-state index is 0.0634. The van der Waals surface area contributed by atoms with Gasteiger partial charge in [-0.15, -0.1) is 0 Å². The first-order chi connectivity index (χ1) is 14.3. The lowest BCUT2D eigenvalue weighted by molar-refractivity contribution is -0.125. The summed E-state index contributed by atoms with van der Waals surface area (Å²) in [5.74, 6) is 0.735. The monoisotopic (exact) mass is 387 g/mol. The number of para-hydroxylation sites is 1. The fourth-order valence-electron chi connectivity index (χ4n) is 3.96. The highest BCUT2D eigenvalue weighted by atomic mass is 16.3. The second kappa shape index (κ2) is 7.50. The fourth-order valence-corrected chi connectivity index (χ4v) is 3.96. The molecule has 0 radical (unpaired) electrons. The van der Waals surface area contributed by atoms with E-state index in [1.54, 1.807) is 18.7 Å². The van der Waals surface area contributed by atoms with Gasteiger partial charge >= 0.3 is 0 Å². The van der Waals surface area contributed by atoms with E-state index in [0.29, 0.717) is 18.7 Å². The third kappa shape index (κ3) is 3.40. The Labute approximate surface area is 167 Å². The second-order valence-corrected chi connectivity index (χ2v) is 7.34. The molecule has 1 amide bonds. The van der Waals surface area contributed by atoms with E-state index < -0.39 is 0 Å². The molecule has 29 heavy (non-hydrogen) atoms. The van der Waals surface area contributed by atoms with Crippen LogP contribution in [0.4, 0.5) is 5.82 Å². The summed E-state index contributed by atoms with van der Waals surface area (Å²) in [4.78, 5) is 27.9. The molecule has 5 rings (SSSR count). The van der Waals surface area contributed by atoms with E-state index in [4.69, 9.17) is 4.42 Å². The highest BCUT2D eigenvalue weighted by Crippen LogP contribution is 2.33. The Morgan fingerprint density at radius 1 is 1.21 bits per heavy atom. The molecule has 1 aliphatic rings. The van der Waals surface area contributed by atoms with Crippen LogP contribution in [0, 0.1) is 5.92 Å². The number of carbonyl (C=O) groups excluding carboxylic acids is 1. The molecule has 4 heterocycles. The van der Waals surface area contributed by atoms with Gasteiger partial charge in [0.05, 0.1) is 5.92 Å². The zero-order valence-corrected chi connectivity index (χ0v) is 15.9. The van der Waals surface area contributed by atoms with Gasteiger partial charge in [0.2, 0.25) is 5.91 Å².